The number of ether oxygens (including phenoxy) is 2. The van der Waals surface area contributed by atoms with Gasteiger partial charge in [0, 0.05) is 5.56 Å². The van der Waals surface area contributed by atoms with Crippen molar-refractivity contribution < 1.29 is 14.3 Å². The van der Waals surface area contributed by atoms with Crippen molar-refractivity contribution in [2.75, 3.05) is 12.4 Å². The van der Waals surface area contributed by atoms with Gasteiger partial charge in [-0.1, -0.05) is 48.6 Å². The van der Waals surface area contributed by atoms with E-state index < -0.39 is 6.10 Å². The number of hydrogen-bond acceptors (Lipinski definition) is 6. The SMILES string of the molecule is CC[C@@H](Oc1ccc(OC)cc1)C(=O)Nc1nnc(-c2ccccc2)s1. The van der Waals surface area contributed by atoms with E-state index in [-0.39, 0.29) is 5.91 Å². The number of nitrogens with one attached hydrogen (secondary N) is 1. The molecule has 26 heavy (non-hydrogen) atoms. The highest BCUT2D eigenvalue weighted by atomic mass is 32.1. The lowest BCUT2D eigenvalue weighted by Gasteiger charge is -2.16. The largest absolute Gasteiger partial charge is 0.497 e. The molecule has 0 saturated carbocycles. The second-order valence-corrected chi connectivity index (χ2v) is 6.44. The molecular formula is C19H19N3O3S. The summed E-state index contributed by atoms with van der Waals surface area (Å²) in [6.45, 7) is 1.89. The second-order valence-electron chi connectivity index (χ2n) is 5.46. The number of methoxy groups -OCH3 is 1. The van der Waals surface area contributed by atoms with Crippen LogP contribution in [0.3, 0.4) is 0 Å². The molecule has 1 heterocycles. The Hall–Kier alpha value is -2.93. The van der Waals surface area contributed by atoms with Crippen LogP contribution in [-0.2, 0) is 4.79 Å². The predicted octanol–water partition coefficient (Wildman–Crippen LogP) is 4.01. The van der Waals surface area contributed by atoms with Crippen LogP contribution in [0.2, 0.25) is 0 Å². The first kappa shape index (κ1) is 17.9. The van der Waals surface area contributed by atoms with E-state index >= 15 is 0 Å². The maximum atomic E-state index is 12.5. The lowest BCUT2D eigenvalue weighted by molar-refractivity contribution is -0.122. The highest BCUT2D eigenvalue weighted by molar-refractivity contribution is 7.18. The summed E-state index contributed by atoms with van der Waals surface area (Å²) < 4.78 is 10.9. The molecule has 0 spiro atoms. The fourth-order valence-corrected chi connectivity index (χ4v) is 3.05. The fraction of sp³-hybridized carbons (Fsp3) is 0.211. The summed E-state index contributed by atoms with van der Waals surface area (Å²) in [5, 5.41) is 12.2. The normalized spacial score (nSPS) is 11.6. The third kappa shape index (κ3) is 4.37. The minimum atomic E-state index is -0.618. The number of carbonyl (C=O) groups excluding carboxylic acids is 1. The van der Waals surface area contributed by atoms with E-state index in [0.717, 1.165) is 16.3 Å². The molecule has 1 atom stereocenters. The summed E-state index contributed by atoms with van der Waals surface area (Å²) in [6, 6.07) is 16.8. The van der Waals surface area contributed by atoms with Crippen LogP contribution in [0.25, 0.3) is 10.6 Å². The van der Waals surface area contributed by atoms with Crippen molar-refractivity contribution in [3.05, 3.63) is 54.6 Å². The van der Waals surface area contributed by atoms with Crippen molar-refractivity contribution in [3.8, 4) is 22.1 Å². The molecule has 3 aromatic rings. The Labute approximate surface area is 155 Å². The molecule has 0 aliphatic heterocycles. The number of benzene rings is 2. The zero-order valence-electron chi connectivity index (χ0n) is 14.5. The standard InChI is InChI=1S/C19H19N3O3S/c1-3-16(25-15-11-9-14(24-2)10-12-15)17(23)20-19-22-21-18(26-19)13-7-5-4-6-8-13/h4-12,16H,3H2,1-2H3,(H,20,22,23)/t16-/m1/s1. The van der Waals surface area contributed by atoms with E-state index in [0.29, 0.717) is 17.3 Å². The van der Waals surface area contributed by atoms with Gasteiger partial charge in [-0.15, -0.1) is 10.2 Å². The number of nitrogens with zero attached hydrogens (tertiary/aromatic N) is 2. The molecule has 1 amide bonds. The van der Waals surface area contributed by atoms with E-state index in [1.54, 1.807) is 31.4 Å². The van der Waals surface area contributed by atoms with Gasteiger partial charge in [-0.05, 0) is 30.7 Å². The Balaban J connectivity index is 1.64. The highest BCUT2D eigenvalue weighted by Gasteiger charge is 2.20. The Morgan fingerprint density at radius 1 is 1.08 bits per heavy atom. The summed E-state index contributed by atoms with van der Waals surface area (Å²) in [5.74, 6) is 1.09. The number of rotatable bonds is 7. The molecule has 0 aliphatic rings. The molecule has 2 aromatic carbocycles. The van der Waals surface area contributed by atoms with E-state index in [1.165, 1.54) is 11.3 Å². The van der Waals surface area contributed by atoms with Gasteiger partial charge in [0.1, 0.15) is 16.5 Å². The van der Waals surface area contributed by atoms with Gasteiger partial charge in [-0.25, -0.2) is 0 Å². The molecule has 0 aliphatic carbocycles. The zero-order valence-corrected chi connectivity index (χ0v) is 15.3. The smallest absolute Gasteiger partial charge is 0.267 e. The minimum Gasteiger partial charge on any atom is -0.497 e. The Morgan fingerprint density at radius 2 is 1.77 bits per heavy atom. The van der Waals surface area contributed by atoms with Crippen molar-refractivity contribution in [1.29, 1.82) is 0 Å². The average Bonchev–Trinajstić information content (AvgIpc) is 3.15. The summed E-state index contributed by atoms with van der Waals surface area (Å²) >= 11 is 1.33. The van der Waals surface area contributed by atoms with Crippen LogP contribution in [0.1, 0.15) is 13.3 Å². The lowest BCUT2D eigenvalue weighted by atomic mass is 10.2. The molecule has 1 N–H and O–H groups in total. The van der Waals surface area contributed by atoms with Gasteiger partial charge in [-0.2, -0.15) is 0 Å². The van der Waals surface area contributed by atoms with Crippen molar-refractivity contribution in [2.45, 2.75) is 19.4 Å². The number of anilines is 1. The van der Waals surface area contributed by atoms with Crippen LogP contribution in [0.4, 0.5) is 5.13 Å². The van der Waals surface area contributed by atoms with Gasteiger partial charge in [0.15, 0.2) is 6.10 Å². The van der Waals surface area contributed by atoms with Crippen LogP contribution < -0.4 is 14.8 Å². The first-order valence-electron chi connectivity index (χ1n) is 8.20. The van der Waals surface area contributed by atoms with Gasteiger partial charge >= 0.3 is 0 Å². The quantitative estimate of drug-likeness (QED) is 0.681. The molecule has 1 aromatic heterocycles. The predicted molar refractivity (Wildman–Crippen MR) is 102 cm³/mol. The number of aromatic nitrogens is 2. The van der Waals surface area contributed by atoms with Crippen molar-refractivity contribution in [2.24, 2.45) is 0 Å². The van der Waals surface area contributed by atoms with E-state index in [9.17, 15) is 4.79 Å². The third-order valence-corrected chi connectivity index (χ3v) is 4.56. The molecule has 7 heteroatoms. The Bertz CT molecular complexity index is 850. The van der Waals surface area contributed by atoms with Gasteiger partial charge in [0.25, 0.3) is 5.91 Å². The van der Waals surface area contributed by atoms with Gasteiger partial charge in [0.05, 0.1) is 7.11 Å². The number of hydrogen-bond donors (Lipinski definition) is 1. The zero-order chi connectivity index (χ0) is 18.4. The van der Waals surface area contributed by atoms with Crippen LogP contribution >= 0.6 is 11.3 Å². The average molecular weight is 369 g/mol. The summed E-state index contributed by atoms with van der Waals surface area (Å²) in [4.78, 5) is 12.5. The third-order valence-electron chi connectivity index (χ3n) is 3.68. The second kappa shape index (κ2) is 8.44. The Morgan fingerprint density at radius 3 is 2.42 bits per heavy atom. The summed E-state index contributed by atoms with van der Waals surface area (Å²) in [7, 11) is 1.60. The van der Waals surface area contributed by atoms with Gasteiger partial charge in [0.2, 0.25) is 5.13 Å². The molecular weight excluding hydrogens is 350 g/mol. The molecule has 6 nitrogen and oxygen atoms in total. The van der Waals surface area contributed by atoms with E-state index in [4.69, 9.17) is 9.47 Å². The number of amides is 1. The van der Waals surface area contributed by atoms with Crippen LogP contribution in [-0.4, -0.2) is 29.3 Å². The summed E-state index contributed by atoms with van der Waals surface area (Å²) in [6.07, 6.45) is -0.0881. The minimum absolute atomic E-state index is 0.251. The maximum absolute atomic E-state index is 12.5. The Kier molecular flexibility index (Phi) is 5.80. The first-order valence-corrected chi connectivity index (χ1v) is 9.01. The molecule has 3 rings (SSSR count). The lowest BCUT2D eigenvalue weighted by Crippen LogP contribution is -2.32. The first-order chi connectivity index (χ1) is 12.7. The van der Waals surface area contributed by atoms with Crippen LogP contribution in [0, 0.1) is 0 Å². The maximum Gasteiger partial charge on any atom is 0.267 e. The van der Waals surface area contributed by atoms with Gasteiger partial charge in [-0.3, -0.25) is 10.1 Å². The molecule has 0 fully saturated rings. The molecule has 0 saturated heterocycles. The molecule has 0 radical (unpaired) electrons. The van der Waals surface area contributed by atoms with E-state index in [1.807, 2.05) is 37.3 Å². The van der Waals surface area contributed by atoms with Crippen molar-refractivity contribution in [1.82, 2.24) is 10.2 Å². The molecule has 0 bridgehead atoms. The summed E-state index contributed by atoms with van der Waals surface area (Å²) in [5.41, 5.74) is 0.965. The number of carbonyl (C=O) groups is 1. The molecule has 0 unspecified atom stereocenters. The van der Waals surface area contributed by atoms with Crippen LogP contribution in [0.5, 0.6) is 11.5 Å². The monoisotopic (exact) mass is 369 g/mol. The molecule has 134 valence electrons. The van der Waals surface area contributed by atoms with Crippen LogP contribution in [0.15, 0.2) is 54.6 Å². The highest BCUT2D eigenvalue weighted by Crippen LogP contribution is 2.26. The van der Waals surface area contributed by atoms with Crippen molar-refractivity contribution in [3.63, 3.8) is 0 Å². The fourth-order valence-electron chi connectivity index (χ4n) is 2.30. The van der Waals surface area contributed by atoms with Crippen molar-refractivity contribution >= 4 is 22.4 Å². The van der Waals surface area contributed by atoms with E-state index in [2.05, 4.69) is 15.5 Å². The van der Waals surface area contributed by atoms with Gasteiger partial charge < -0.3 is 9.47 Å². The topological polar surface area (TPSA) is 73.3 Å².